The van der Waals surface area contributed by atoms with E-state index in [9.17, 15) is 14.0 Å². The highest BCUT2D eigenvalue weighted by atomic mass is 19.1. The van der Waals surface area contributed by atoms with Gasteiger partial charge in [-0.25, -0.2) is 14.2 Å². The van der Waals surface area contributed by atoms with Gasteiger partial charge in [-0.3, -0.25) is 4.79 Å². The van der Waals surface area contributed by atoms with Gasteiger partial charge in [-0.2, -0.15) is 0 Å². The number of aryl methyl sites for hydroxylation is 1. The van der Waals surface area contributed by atoms with Crippen molar-refractivity contribution in [2.45, 2.75) is 6.92 Å². The number of aromatic nitrogens is 2. The third-order valence-electron chi connectivity index (χ3n) is 2.50. The Bertz CT molecular complexity index is 651. The third-order valence-corrected chi connectivity index (χ3v) is 2.50. The number of nitrogens with one attached hydrogen (secondary N) is 2. The zero-order valence-corrected chi connectivity index (χ0v) is 9.90. The third kappa shape index (κ3) is 2.59. The van der Waals surface area contributed by atoms with E-state index in [-0.39, 0.29) is 11.4 Å². The summed E-state index contributed by atoms with van der Waals surface area (Å²) in [5.74, 6) is -2.37. The van der Waals surface area contributed by atoms with Crippen LogP contribution in [0.4, 0.5) is 10.1 Å². The number of hydrogen-bond acceptors (Lipinski definition) is 3. The van der Waals surface area contributed by atoms with Crippen molar-refractivity contribution in [3.63, 3.8) is 0 Å². The molecule has 0 fully saturated rings. The summed E-state index contributed by atoms with van der Waals surface area (Å²) < 4.78 is 12.9. The zero-order valence-electron chi connectivity index (χ0n) is 9.90. The van der Waals surface area contributed by atoms with Gasteiger partial charge >= 0.3 is 5.97 Å². The molecule has 0 spiro atoms. The van der Waals surface area contributed by atoms with Gasteiger partial charge in [0, 0.05) is 5.69 Å². The number of carbonyl (C=O) groups is 2. The number of halogens is 1. The van der Waals surface area contributed by atoms with Gasteiger partial charge in [0.1, 0.15) is 5.82 Å². The van der Waals surface area contributed by atoms with Gasteiger partial charge < -0.3 is 15.4 Å². The first kappa shape index (κ1) is 12.7. The second kappa shape index (κ2) is 4.89. The highest BCUT2D eigenvalue weighted by Crippen LogP contribution is 2.17. The summed E-state index contributed by atoms with van der Waals surface area (Å²) in [5.41, 5.74) is 0.403. The lowest BCUT2D eigenvalue weighted by atomic mass is 10.2. The first-order valence-electron chi connectivity index (χ1n) is 5.33. The van der Waals surface area contributed by atoms with Crippen LogP contribution in [0.25, 0.3) is 0 Å². The predicted molar refractivity (Wildman–Crippen MR) is 64.6 cm³/mol. The molecule has 0 saturated carbocycles. The number of aromatic amines is 1. The Morgan fingerprint density at radius 3 is 2.79 bits per heavy atom. The molecule has 0 saturated heterocycles. The molecule has 6 nitrogen and oxygen atoms in total. The maximum absolute atomic E-state index is 12.9. The highest BCUT2D eigenvalue weighted by Gasteiger charge is 2.20. The number of amides is 1. The summed E-state index contributed by atoms with van der Waals surface area (Å²) in [6.45, 7) is 1.63. The molecule has 0 aliphatic carbocycles. The maximum Gasteiger partial charge on any atom is 0.354 e. The van der Waals surface area contributed by atoms with Crippen molar-refractivity contribution >= 4 is 17.6 Å². The molecular weight excluding hydrogens is 253 g/mol. The van der Waals surface area contributed by atoms with Crippen LogP contribution in [0.2, 0.25) is 0 Å². The van der Waals surface area contributed by atoms with Crippen LogP contribution in [0, 0.1) is 12.7 Å². The van der Waals surface area contributed by atoms with Crippen molar-refractivity contribution in [2.24, 2.45) is 0 Å². The van der Waals surface area contributed by atoms with Gasteiger partial charge in [0.2, 0.25) is 0 Å². The molecule has 1 heterocycles. The molecule has 2 rings (SSSR count). The van der Waals surface area contributed by atoms with Crippen molar-refractivity contribution in [1.29, 1.82) is 0 Å². The first-order valence-corrected chi connectivity index (χ1v) is 5.33. The second-order valence-electron chi connectivity index (χ2n) is 3.84. The SMILES string of the molecule is Cc1cc(F)ccc1NC(=O)c1nc[nH]c1C(=O)O. The normalized spacial score (nSPS) is 10.2. The number of carboxylic acids is 1. The van der Waals surface area contributed by atoms with Gasteiger partial charge in [-0.05, 0) is 30.7 Å². The molecule has 2 aromatic rings. The van der Waals surface area contributed by atoms with Crippen LogP contribution >= 0.6 is 0 Å². The van der Waals surface area contributed by atoms with Gasteiger partial charge in [0.15, 0.2) is 11.4 Å². The number of rotatable bonds is 3. The van der Waals surface area contributed by atoms with Crippen LogP contribution in [-0.4, -0.2) is 27.0 Å². The van der Waals surface area contributed by atoms with Crippen LogP contribution < -0.4 is 5.32 Å². The fourth-order valence-electron chi connectivity index (χ4n) is 1.58. The van der Waals surface area contributed by atoms with Gasteiger partial charge in [-0.1, -0.05) is 0 Å². The average molecular weight is 263 g/mol. The fourth-order valence-corrected chi connectivity index (χ4v) is 1.58. The smallest absolute Gasteiger partial charge is 0.354 e. The van der Waals surface area contributed by atoms with Crippen molar-refractivity contribution in [3.8, 4) is 0 Å². The standard InChI is InChI=1S/C12H10FN3O3/c1-6-4-7(13)2-3-8(6)16-11(17)9-10(12(18)19)15-5-14-9/h2-5H,1H3,(H,14,15)(H,16,17)(H,18,19). The summed E-state index contributed by atoms with van der Waals surface area (Å²) in [5, 5.41) is 11.3. The molecule has 0 aliphatic heterocycles. The average Bonchev–Trinajstić information content (AvgIpc) is 2.82. The van der Waals surface area contributed by atoms with E-state index in [0.717, 1.165) is 6.33 Å². The predicted octanol–water partition coefficient (Wildman–Crippen LogP) is 1.81. The summed E-state index contributed by atoms with van der Waals surface area (Å²) in [6.07, 6.45) is 1.12. The Hall–Kier alpha value is -2.70. The minimum Gasteiger partial charge on any atom is -0.477 e. The molecule has 3 N–H and O–H groups in total. The molecule has 7 heteroatoms. The van der Waals surface area contributed by atoms with E-state index in [4.69, 9.17) is 5.11 Å². The Morgan fingerprint density at radius 1 is 1.42 bits per heavy atom. The number of benzene rings is 1. The van der Waals surface area contributed by atoms with Gasteiger partial charge in [-0.15, -0.1) is 0 Å². The minimum atomic E-state index is -1.28. The molecule has 98 valence electrons. The Morgan fingerprint density at radius 2 is 2.16 bits per heavy atom. The van der Waals surface area contributed by atoms with Crippen LogP contribution in [0.15, 0.2) is 24.5 Å². The number of carboxylic acid groups (broad SMARTS) is 1. The Labute approximate surface area is 107 Å². The topological polar surface area (TPSA) is 95.1 Å². The Kier molecular flexibility index (Phi) is 3.28. The quantitative estimate of drug-likeness (QED) is 0.787. The minimum absolute atomic E-state index is 0.226. The van der Waals surface area contributed by atoms with Gasteiger partial charge in [0.25, 0.3) is 5.91 Å². The van der Waals surface area contributed by atoms with E-state index in [1.54, 1.807) is 6.92 Å². The molecule has 1 amide bonds. The number of imidazole rings is 1. The number of carbonyl (C=O) groups excluding carboxylic acids is 1. The fraction of sp³-hybridized carbons (Fsp3) is 0.0833. The van der Waals surface area contributed by atoms with Crippen molar-refractivity contribution in [3.05, 3.63) is 47.3 Å². The zero-order chi connectivity index (χ0) is 14.0. The lowest BCUT2D eigenvalue weighted by Crippen LogP contribution is -2.17. The summed E-state index contributed by atoms with van der Waals surface area (Å²) >= 11 is 0. The van der Waals surface area contributed by atoms with Crippen molar-refractivity contribution < 1.29 is 19.1 Å². The summed E-state index contributed by atoms with van der Waals surface area (Å²) in [7, 11) is 0. The van der Waals surface area contributed by atoms with Crippen LogP contribution in [0.5, 0.6) is 0 Å². The first-order chi connectivity index (χ1) is 8.99. The number of aromatic carboxylic acids is 1. The van der Waals surface area contributed by atoms with Crippen LogP contribution in [-0.2, 0) is 0 Å². The van der Waals surface area contributed by atoms with E-state index in [1.807, 2.05) is 0 Å². The van der Waals surface area contributed by atoms with E-state index in [1.165, 1.54) is 18.2 Å². The van der Waals surface area contributed by atoms with E-state index >= 15 is 0 Å². The lowest BCUT2D eigenvalue weighted by molar-refractivity contribution is 0.0686. The number of anilines is 1. The Balaban J connectivity index is 2.26. The van der Waals surface area contributed by atoms with Crippen LogP contribution in [0.3, 0.4) is 0 Å². The second-order valence-corrected chi connectivity index (χ2v) is 3.84. The molecule has 0 atom stereocenters. The molecule has 0 aliphatic rings. The monoisotopic (exact) mass is 263 g/mol. The number of nitrogens with zero attached hydrogens (tertiary/aromatic N) is 1. The summed E-state index contributed by atoms with van der Waals surface area (Å²) in [4.78, 5) is 28.8. The molecule has 0 radical (unpaired) electrons. The van der Waals surface area contributed by atoms with Crippen molar-refractivity contribution in [1.82, 2.24) is 9.97 Å². The van der Waals surface area contributed by atoms with Crippen LogP contribution in [0.1, 0.15) is 26.5 Å². The molecule has 0 unspecified atom stereocenters. The maximum atomic E-state index is 12.9. The van der Waals surface area contributed by atoms with Crippen molar-refractivity contribution in [2.75, 3.05) is 5.32 Å². The number of hydrogen-bond donors (Lipinski definition) is 3. The lowest BCUT2D eigenvalue weighted by Gasteiger charge is -2.07. The van der Waals surface area contributed by atoms with Gasteiger partial charge in [0.05, 0.1) is 6.33 Å². The summed E-state index contributed by atoms with van der Waals surface area (Å²) in [6, 6.07) is 3.86. The molecule has 1 aromatic carbocycles. The molecule has 0 bridgehead atoms. The van der Waals surface area contributed by atoms with E-state index in [0.29, 0.717) is 11.3 Å². The number of H-pyrrole nitrogens is 1. The molecule has 19 heavy (non-hydrogen) atoms. The molecule has 1 aromatic heterocycles. The largest absolute Gasteiger partial charge is 0.477 e. The van der Waals surface area contributed by atoms with E-state index in [2.05, 4.69) is 15.3 Å². The van der Waals surface area contributed by atoms with E-state index < -0.39 is 17.7 Å². The molecular formula is C12H10FN3O3. The highest BCUT2D eigenvalue weighted by molar-refractivity contribution is 6.08.